The number of nitrogens with one attached hydrogen (secondary N) is 2. The molecule has 0 aliphatic carbocycles. The van der Waals surface area contributed by atoms with E-state index < -0.39 is 11.8 Å². The van der Waals surface area contributed by atoms with Gasteiger partial charge >= 0.3 is 11.8 Å². The fourth-order valence-electron chi connectivity index (χ4n) is 5.73. The zero-order chi connectivity index (χ0) is 30.5. The van der Waals surface area contributed by atoms with Crippen LogP contribution >= 0.6 is 0 Å². The predicted octanol–water partition coefficient (Wildman–Crippen LogP) is 3.48. The fourth-order valence-corrected chi connectivity index (χ4v) is 5.73. The summed E-state index contributed by atoms with van der Waals surface area (Å²) in [4.78, 5) is 29.7. The molecular weight excluding hydrogens is 556 g/mol. The van der Waals surface area contributed by atoms with E-state index in [4.69, 9.17) is 10.2 Å². The highest BCUT2D eigenvalue weighted by atomic mass is 16.2. The van der Waals surface area contributed by atoms with E-state index in [1.807, 2.05) is 83.9 Å². The van der Waals surface area contributed by atoms with Gasteiger partial charge in [-0.2, -0.15) is 20.4 Å². The second-order valence-electron chi connectivity index (χ2n) is 10.9. The molecule has 2 amide bonds. The number of amides is 2. The lowest BCUT2D eigenvalue weighted by atomic mass is 10.2. The molecule has 0 unspecified atom stereocenters. The Morgan fingerprint density at radius 3 is 1.36 bits per heavy atom. The summed E-state index contributed by atoms with van der Waals surface area (Å²) in [6.45, 7) is 7.46. The standard InChI is InChI=1S/C32H36N10O2/c1-23-27(31(39-17-9-10-18-39)41(37-23)25-13-5-3-6-14-25)21-33-35-29(43)30(44)36-34-22-28-24(2)38-42(26-15-7-4-8-16-26)32(28)40-19-11-12-20-40/h3-8,13-16,21-22H,9-12,17-20H2,1-2H3,(H,35,43)(H,36,44)/b33-21+,34-22+. The number of benzene rings is 2. The van der Waals surface area contributed by atoms with E-state index in [1.54, 1.807) is 12.4 Å². The second kappa shape index (κ2) is 12.9. The quantitative estimate of drug-likeness (QED) is 0.183. The van der Waals surface area contributed by atoms with Crippen LogP contribution in [0.1, 0.15) is 48.2 Å². The molecule has 226 valence electrons. The molecule has 2 aliphatic rings. The molecule has 0 spiro atoms. The van der Waals surface area contributed by atoms with E-state index in [1.165, 1.54) is 0 Å². The molecule has 0 radical (unpaired) electrons. The summed E-state index contributed by atoms with van der Waals surface area (Å²) in [5.41, 5.74) is 9.65. The van der Waals surface area contributed by atoms with Crippen LogP contribution in [0.2, 0.25) is 0 Å². The number of rotatable bonds is 8. The van der Waals surface area contributed by atoms with Gasteiger partial charge in [-0.25, -0.2) is 20.2 Å². The number of aryl methyl sites for hydroxylation is 2. The average Bonchev–Trinajstić information content (AvgIpc) is 3.86. The van der Waals surface area contributed by atoms with E-state index in [2.05, 4.69) is 30.9 Å². The Morgan fingerprint density at radius 1 is 0.636 bits per heavy atom. The van der Waals surface area contributed by atoms with Gasteiger partial charge in [0.05, 0.1) is 46.3 Å². The van der Waals surface area contributed by atoms with Crippen LogP contribution in [0.25, 0.3) is 11.4 Å². The molecule has 0 bridgehead atoms. The van der Waals surface area contributed by atoms with Gasteiger partial charge in [0.2, 0.25) is 0 Å². The number of hydrogen-bond donors (Lipinski definition) is 2. The third-order valence-corrected chi connectivity index (χ3v) is 7.90. The molecular formula is C32H36N10O2. The highest BCUT2D eigenvalue weighted by Gasteiger charge is 2.25. The normalized spacial score (nSPS) is 15.1. The van der Waals surface area contributed by atoms with Gasteiger partial charge in [-0.1, -0.05) is 36.4 Å². The first kappa shape index (κ1) is 28.8. The van der Waals surface area contributed by atoms with Crippen LogP contribution in [0, 0.1) is 13.8 Å². The molecule has 0 saturated carbocycles. The zero-order valence-corrected chi connectivity index (χ0v) is 25.0. The first-order chi connectivity index (χ1) is 21.5. The van der Waals surface area contributed by atoms with Gasteiger partial charge in [0, 0.05) is 26.2 Å². The molecule has 6 rings (SSSR count). The molecule has 44 heavy (non-hydrogen) atoms. The van der Waals surface area contributed by atoms with Crippen molar-refractivity contribution in [3.8, 4) is 11.4 Å². The van der Waals surface area contributed by atoms with Crippen molar-refractivity contribution in [2.75, 3.05) is 36.0 Å². The zero-order valence-electron chi connectivity index (χ0n) is 25.0. The number of hydrazone groups is 2. The van der Waals surface area contributed by atoms with Crippen LogP contribution in [-0.2, 0) is 9.59 Å². The molecule has 4 aromatic rings. The first-order valence-electron chi connectivity index (χ1n) is 15.0. The van der Waals surface area contributed by atoms with Crippen LogP contribution in [0.5, 0.6) is 0 Å². The van der Waals surface area contributed by atoms with Gasteiger partial charge in [0.15, 0.2) is 0 Å². The highest BCUT2D eigenvalue weighted by molar-refractivity contribution is 6.35. The largest absolute Gasteiger partial charge is 0.356 e. The maximum Gasteiger partial charge on any atom is 0.331 e. The van der Waals surface area contributed by atoms with Crippen molar-refractivity contribution in [1.29, 1.82) is 0 Å². The Morgan fingerprint density at radius 2 is 1.00 bits per heavy atom. The number of carbonyl (C=O) groups excluding carboxylic acids is 2. The number of nitrogens with zero attached hydrogens (tertiary/aromatic N) is 8. The maximum atomic E-state index is 12.6. The van der Waals surface area contributed by atoms with Crippen molar-refractivity contribution in [1.82, 2.24) is 30.4 Å². The van der Waals surface area contributed by atoms with Crippen molar-refractivity contribution < 1.29 is 9.59 Å². The lowest BCUT2D eigenvalue weighted by molar-refractivity contribution is -0.139. The molecule has 2 saturated heterocycles. The van der Waals surface area contributed by atoms with Gasteiger partial charge in [-0.05, 0) is 63.8 Å². The molecule has 2 fully saturated rings. The molecule has 2 N–H and O–H groups in total. The summed E-state index contributed by atoms with van der Waals surface area (Å²) < 4.78 is 3.81. The second-order valence-corrected chi connectivity index (χ2v) is 10.9. The number of carbonyl (C=O) groups is 2. The summed E-state index contributed by atoms with van der Waals surface area (Å²) in [7, 11) is 0. The summed E-state index contributed by atoms with van der Waals surface area (Å²) in [5.74, 6) is -0.0201. The number of anilines is 2. The number of hydrogen-bond acceptors (Lipinski definition) is 8. The Kier molecular flexibility index (Phi) is 8.48. The van der Waals surface area contributed by atoms with Crippen molar-refractivity contribution in [2.24, 2.45) is 10.2 Å². The summed E-state index contributed by atoms with van der Waals surface area (Å²) >= 11 is 0. The summed E-state index contributed by atoms with van der Waals surface area (Å²) in [6, 6.07) is 19.8. The van der Waals surface area contributed by atoms with Gasteiger partial charge in [0.25, 0.3) is 0 Å². The van der Waals surface area contributed by atoms with Crippen molar-refractivity contribution in [2.45, 2.75) is 39.5 Å². The van der Waals surface area contributed by atoms with Crippen LogP contribution in [0.15, 0.2) is 70.9 Å². The Bertz CT molecular complexity index is 1550. The van der Waals surface area contributed by atoms with E-state index in [0.717, 1.165) is 97.4 Å². The molecule has 12 nitrogen and oxygen atoms in total. The molecule has 4 heterocycles. The summed E-state index contributed by atoms with van der Waals surface area (Å²) in [6.07, 6.45) is 7.48. The monoisotopic (exact) mass is 592 g/mol. The lowest BCUT2D eigenvalue weighted by Crippen LogP contribution is -2.35. The molecule has 2 aromatic heterocycles. The SMILES string of the molecule is Cc1nn(-c2ccccc2)c(N2CCCC2)c1/C=N/NC(=O)C(=O)N/N=C/c1c(C)nn(-c2ccccc2)c1N1CCCC1. The number of aromatic nitrogens is 4. The van der Waals surface area contributed by atoms with Gasteiger partial charge in [-0.15, -0.1) is 0 Å². The summed E-state index contributed by atoms with van der Waals surface area (Å²) in [5, 5.41) is 17.7. The lowest BCUT2D eigenvalue weighted by Gasteiger charge is -2.20. The Labute approximate surface area is 256 Å². The van der Waals surface area contributed by atoms with Gasteiger partial charge in [0.1, 0.15) is 11.6 Å². The molecule has 2 aliphatic heterocycles. The third kappa shape index (κ3) is 5.96. The third-order valence-electron chi connectivity index (χ3n) is 7.90. The molecule has 2 aromatic carbocycles. The van der Waals surface area contributed by atoms with E-state index >= 15 is 0 Å². The topological polar surface area (TPSA) is 125 Å². The minimum Gasteiger partial charge on any atom is -0.356 e. The predicted molar refractivity (Wildman–Crippen MR) is 171 cm³/mol. The molecule has 0 atom stereocenters. The highest BCUT2D eigenvalue weighted by Crippen LogP contribution is 2.30. The smallest absolute Gasteiger partial charge is 0.331 e. The Balaban J connectivity index is 1.15. The van der Waals surface area contributed by atoms with Gasteiger partial charge < -0.3 is 9.80 Å². The maximum absolute atomic E-state index is 12.6. The minimum absolute atomic E-state index is 0.767. The van der Waals surface area contributed by atoms with Gasteiger partial charge in [-0.3, -0.25) is 9.59 Å². The fraction of sp³-hybridized carbons (Fsp3) is 0.312. The first-order valence-corrected chi connectivity index (χ1v) is 15.0. The van der Waals surface area contributed by atoms with Crippen molar-refractivity contribution in [3.05, 3.63) is 83.2 Å². The average molecular weight is 593 g/mol. The van der Waals surface area contributed by atoms with Crippen LogP contribution < -0.4 is 20.7 Å². The molecule has 12 heteroatoms. The van der Waals surface area contributed by atoms with E-state index in [9.17, 15) is 9.59 Å². The van der Waals surface area contributed by atoms with E-state index in [-0.39, 0.29) is 0 Å². The number of para-hydroxylation sites is 2. The van der Waals surface area contributed by atoms with Crippen LogP contribution in [-0.4, -0.2) is 70.0 Å². The van der Waals surface area contributed by atoms with Crippen LogP contribution in [0.3, 0.4) is 0 Å². The van der Waals surface area contributed by atoms with Crippen LogP contribution in [0.4, 0.5) is 11.6 Å². The minimum atomic E-state index is -0.925. The van der Waals surface area contributed by atoms with E-state index in [0.29, 0.717) is 0 Å². The Hall–Kier alpha value is -5.26. The van der Waals surface area contributed by atoms with Crippen molar-refractivity contribution >= 4 is 35.9 Å². The van der Waals surface area contributed by atoms with Crippen molar-refractivity contribution in [3.63, 3.8) is 0 Å².